The highest BCUT2D eigenvalue weighted by Gasteiger charge is 2.20. The van der Waals surface area contributed by atoms with Crippen LogP contribution in [0.5, 0.6) is 0 Å². The lowest BCUT2D eigenvalue weighted by molar-refractivity contribution is -0.116. The van der Waals surface area contributed by atoms with Gasteiger partial charge in [0.25, 0.3) is 0 Å². The highest BCUT2D eigenvalue weighted by Crippen LogP contribution is 2.36. The molecule has 1 aromatic carbocycles. The molecule has 0 fully saturated rings. The molecule has 3 aromatic rings. The summed E-state index contributed by atoms with van der Waals surface area (Å²) in [6, 6.07) is 6.10. The van der Waals surface area contributed by atoms with Crippen LogP contribution in [-0.4, -0.2) is 21.1 Å². The van der Waals surface area contributed by atoms with Crippen molar-refractivity contribution in [2.24, 2.45) is 5.92 Å². The topological polar surface area (TPSA) is 73.6 Å². The molecule has 0 atom stereocenters. The normalized spacial score (nSPS) is 13.6. The molecule has 2 heterocycles. The smallest absolute Gasteiger partial charge is 0.224 e. The van der Waals surface area contributed by atoms with Crippen LogP contribution < -0.4 is 5.32 Å². The predicted octanol–water partition coefficient (Wildman–Crippen LogP) is 4.03. The van der Waals surface area contributed by atoms with E-state index in [1.54, 1.807) is 0 Å². The van der Waals surface area contributed by atoms with Crippen LogP contribution >= 0.6 is 0 Å². The number of carbonyl (C=O) groups excluding carboxylic acids is 1. The third-order valence-electron chi connectivity index (χ3n) is 4.62. The molecule has 5 heteroatoms. The molecule has 0 aliphatic heterocycles. The van der Waals surface area contributed by atoms with Crippen molar-refractivity contribution in [3.05, 3.63) is 35.5 Å². The lowest BCUT2D eigenvalue weighted by Gasteiger charge is -2.07. The van der Waals surface area contributed by atoms with E-state index >= 15 is 0 Å². The Bertz CT molecular complexity index is 903. The Kier molecular flexibility index (Phi) is 3.63. The lowest BCUT2D eigenvalue weighted by Crippen LogP contribution is -2.13. The first-order chi connectivity index (χ1) is 11.6. The standard InChI is InChI=1S/C19H22N4O/c1-11(2)8-17(24)21-13-6-7-16-15(9-13)14-5-3-4-12-10-20-23-18(12)19(14)22-16/h6-7,9-11,22H,3-5,8H2,1-2H3,(H,20,23)(H,21,24). The second-order valence-electron chi connectivity index (χ2n) is 7.01. The number of rotatable bonds is 3. The molecule has 3 N–H and O–H groups in total. The summed E-state index contributed by atoms with van der Waals surface area (Å²) in [5.74, 6) is 0.429. The van der Waals surface area contributed by atoms with Crippen LogP contribution in [0.15, 0.2) is 24.4 Å². The fraction of sp³-hybridized carbons (Fsp3) is 0.368. The van der Waals surface area contributed by atoms with E-state index in [1.807, 2.05) is 18.3 Å². The number of aromatic nitrogens is 3. The summed E-state index contributed by atoms with van der Waals surface area (Å²) in [5.41, 5.74) is 6.79. The van der Waals surface area contributed by atoms with Crippen LogP contribution in [0.3, 0.4) is 0 Å². The Morgan fingerprint density at radius 3 is 3.00 bits per heavy atom. The zero-order chi connectivity index (χ0) is 16.7. The van der Waals surface area contributed by atoms with Crippen molar-refractivity contribution >= 4 is 22.5 Å². The summed E-state index contributed by atoms with van der Waals surface area (Å²) in [6.45, 7) is 4.10. The second kappa shape index (κ2) is 5.82. The van der Waals surface area contributed by atoms with Gasteiger partial charge in [-0.3, -0.25) is 9.89 Å². The zero-order valence-corrected chi connectivity index (χ0v) is 14.1. The van der Waals surface area contributed by atoms with Gasteiger partial charge in [-0.25, -0.2) is 0 Å². The zero-order valence-electron chi connectivity index (χ0n) is 14.1. The van der Waals surface area contributed by atoms with Crippen molar-refractivity contribution in [1.29, 1.82) is 0 Å². The number of hydrogen-bond donors (Lipinski definition) is 3. The molecule has 124 valence electrons. The van der Waals surface area contributed by atoms with Crippen LogP contribution in [0.2, 0.25) is 0 Å². The van der Waals surface area contributed by atoms with Crippen LogP contribution in [0.1, 0.15) is 37.8 Å². The van der Waals surface area contributed by atoms with E-state index in [1.165, 1.54) is 16.5 Å². The summed E-state index contributed by atoms with van der Waals surface area (Å²) in [7, 11) is 0. The molecule has 1 aliphatic rings. The number of anilines is 1. The SMILES string of the molecule is CC(C)CC(=O)Nc1ccc2[nH]c3c(c2c1)CCCc1cn[nH]c1-3. The number of nitrogens with one attached hydrogen (secondary N) is 3. The quantitative estimate of drug-likeness (QED) is 0.681. The molecular formula is C19H22N4O. The van der Waals surface area contributed by atoms with Gasteiger partial charge in [-0.05, 0) is 54.5 Å². The maximum Gasteiger partial charge on any atom is 0.224 e. The number of aryl methyl sites for hydroxylation is 2. The third-order valence-corrected chi connectivity index (χ3v) is 4.62. The fourth-order valence-electron chi connectivity index (χ4n) is 3.55. The van der Waals surface area contributed by atoms with Gasteiger partial charge in [0.1, 0.15) is 0 Å². The van der Waals surface area contributed by atoms with Crippen LogP contribution in [0, 0.1) is 5.92 Å². The molecule has 4 rings (SSSR count). The van der Waals surface area contributed by atoms with E-state index in [0.29, 0.717) is 12.3 Å². The summed E-state index contributed by atoms with van der Waals surface area (Å²) in [6.07, 6.45) is 5.65. The monoisotopic (exact) mass is 322 g/mol. The third kappa shape index (κ3) is 2.60. The average Bonchev–Trinajstić information content (AvgIpc) is 3.07. The lowest BCUT2D eigenvalue weighted by atomic mass is 10.1. The van der Waals surface area contributed by atoms with E-state index in [-0.39, 0.29) is 5.91 Å². The molecular weight excluding hydrogens is 300 g/mol. The molecule has 1 amide bonds. The number of hydrogen-bond acceptors (Lipinski definition) is 2. The molecule has 0 unspecified atom stereocenters. The Labute approximate surface area is 140 Å². The number of nitrogens with zero attached hydrogens (tertiary/aromatic N) is 1. The maximum atomic E-state index is 12.0. The van der Waals surface area contributed by atoms with E-state index in [0.717, 1.165) is 41.9 Å². The number of benzene rings is 1. The predicted molar refractivity (Wildman–Crippen MR) is 96.0 cm³/mol. The van der Waals surface area contributed by atoms with Gasteiger partial charge in [0.15, 0.2) is 0 Å². The molecule has 0 bridgehead atoms. The highest BCUT2D eigenvalue weighted by molar-refractivity contribution is 5.97. The Hall–Kier alpha value is -2.56. The highest BCUT2D eigenvalue weighted by atomic mass is 16.1. The molecule has 1 aliphatic carbocycles. The minimum absolute atomic E-state index is 0.0711. The summed E-state index contributed by atoms with van der Waals surface area (Å²) in [5, 5.41) is 11.5. The minimum Gasteiger partial charge on any atom is -0.353 e. The Balaban J connectivity index is 1.74. The summed E-state index contributed by atoms with van der Waals surface area (Å²) >= 11 is 0. The molecule has 0 saturated carbocycles. The first kappa shape index (κ1) is 15.0. The summed E-state index contributed by atoms with van der Waals surface area (Å²) in [4.78, 5) is 15.6. The summed E-state index contributed by atoms with van der Waals surface area (Å²) < 4.78 is 0. The van der Waals surface area contributed by atoms with Crippen LogP contribution in [0.25, 0.3) is 22.3 Å². The van der Waals surface area contributed by atoms with E-state index < -0.39 is 0 Å². The van der Waals surface area contributed by atoms with E-state index in [4.69, 9.17) is 0 Å². The average molecular weight is 322 g/mol. The minimum atomic E-state index is 0.0711. The molecule has 0 radical (unpaired) electrons. The van der Waals surface area contributed by atoms with Crippen molar-refractivity contribution in [3.63, 3.8) is 0 Å². The Morgan fingerprint density at radius 1 is 1.29 bits per heavy atom. The van der Waals surface area contributed by atoms with E-state index in [9.17, 15) is 4.79 Å². The van der Waals surface area contributed by atoms with Crippen molar-refractivity contribution < 1.29 is 4.79 Å². The van der Waals surface area contributed by atoms with Crippen molar-refractivity contribution in [3.8, 4) is 11.4 Å². The molecule has 0 saturated heterocycles. The van der Waals surface area contributed by atoms with Crippen LogP contribution in [0.4, 0.5) is 5.69 Å². The number of aromatic amines is 2. The van der Waals surface area contributed by atoms with Gasteiger partial charge in [-0.15, -0.1) is 0 Å². The van der Waals surface area contributed by atoms with Crippen molar-refractivity contribution in [2.75, 3.05) is 5.32 Å². The van der Waals surface area contributed by atoms with Gasteiger partial charge in [0.2, 0.25) is 5.91 Å². The van der Waals surface area contributed by atoms with Gasteiger partial charge in [-0.1, -0.05) is 13.8 Å². The largest absolute Gasteiger partial charge is 0.353 e. The molecule has 0 spiro atoms. The van der Waals surface area contributed by atoms with Gasteiger partial charge < -0.3 is 10.3 Å². The van der Waals surface area contributed by atoms with Crippen molar-refractivity contribution in [2.45, 2.75) is 39.5 Å². The van der Waals surface area contributed by atoms with Crippen molar-refractivity contribution in [1.82, 2.24) is 15.2 Å². The first-order valence-electron chi connectivity index (χ1n) is 8.59. The maximum absolute atomic E-state index is 12.0. The van der Waals surface area contributed by atoms with Gasteiger partial charge in [-0.2, -0.15) is 5.10 Å². The first-order valence-corrected chi connectivity index (χ1v) is 8.59. The molecule has 24 heavy (non-hydrogen) atoms. The van der Waals surface area contributed by atoms with Crippen LogP contribution in [-0.2, 0) is 17.6 Å². The molecule has 2 aromatic heterocycles. The van der Waals surface area contributed by atoms with Gasteiger partial charge in [0, 0.05) is 23.0 Å². The van der Waals surface area contributed by atoms with Gasteiger partial charge >= 0.3 is 0 Å². The molecule has 5 nitrogen and oxygen atoms in total. The van der Waals surface area contributed by atoms with Gasteiger partial charge in [0.05, 0.1) is 17.6 Å². The van der Waals surface area contributed by atoms with E-state index in [2.05, 4.69) is 40.4 Å². The second-order valence-corrected chi connectivity index (χ2v) is 7.01. The fourth-order valence-corrected chi connectivity index (χ4v) is 3.55. The Morgan fingerprint density at radius 2 is 2.17 bits per heavy atom. The number of H-pyrrole nitrogens is 2. The number of carbonyl (C=O) groups is 1. The number of fused-ring (bicyclic) bond motifs is 5. The number of amides is 1.